The van der Waals surface area contributed by atoms with Crippen LogP contribution in [0, 0.1) is 25.9 Å². The summed E-state index contributed by atoms with van der Waals surface area (Å²) in [7, 11) is -1.52. The van der Waals surface area contributed by atoms with Crippen molar-refractivity contribution in [3.8, 4) is 22.5 Å². The number of aromatic nitrogens is 2. The summed E-state index contributed by atoms with van der Waals surface area (Å²) in [6.07, 6.45) is 3.28. The Morgan fingerprint density at radius 2 is 1.53 bits per heavy atom. The molecule has 6 rings (SSSR count). The first-order chi connectivity index (χ1) is 19.0. The van der Waals surface area contributed by atoms with Gasteiger partial charge in [0.2, 0.25) is 0 Å². The first kappa shape index (κ1) is 23.7. The minimum atomic E-state index is -2.09. The number of benzene rings is 3. The standard InChI is InChI=1S/C21H20NOSi.C12H10N.Ir/c1-14-9-11-17(22-13-14)15-10-12-19(24(2,3)4)20-16-7-5-6-8-18(16)23-21(15)20;1-10-7-8-12(13-9-10)11-5-3-2-4-6-11;/h5-9,11-13H,1-4H3;2-5,7-9H,1H3;/q2*-1;/i;1D3;. The van der Waals surface area contributed by atoms with E-state index in [1.165, 1.54) is 22.2 Å². The van der Waals surface area contributed by atoms with E-state index in [-0.39, 0.29) is 25.7 Å². The Morgan fingerprint density at radius 1 is 0.816 bits per heavy atom. The van der Waals surface area contributed by atoms with Crippen molar-refractivity contribution in [1.82, 2.24) is 9.97 Å². The van der Waals surface area contributed by atoms with Crippen LogP contribution in [0.25, 0.3) is 44.5 Å². The van der Waals surface area contributed by atoms with Crippen LogP contribution in [0.2, 0.25) is 19.6 Å². The van der Waals surface area contributed by atoms with Crippen LogP contribution in [-0.4, -0.2) is 18.0 Å². The molecule has 0 aliphatic rings. The van der Waals surface area contributed by atoms with Crippen LogP contribution in [0.15, 0.2) is 95.7 Å². The van der Waals surface area contributed by atoms with Gasteiger partial charge in [-0.3, -0.25) is 0 Å². The van der Waals surface area contributed by atoms with E-state index in [0.717, 1.165) is 39.2 Å². The van der Waals surface area contributed by atoms with Gasteiger partial charge in [-0.15, -0.1) is 53.2 Å². The first-order valence-corrected chi connectivity index (χ1v) is 15.8. The van der Waals surface area contributed by atoms with Crippen molar-refractivity contribution in [2.75, 3.05) is 0 Å². The number of nitrogens with zero attached hydrogens (tertiary/aromatic N) is 2. The third kappa shape index (κ3) is 5.86. The maximum absolute atomic E-state index is 7.23. The molecule has 0 spiro atoms. The average molecular weight is 694 g/mol. The van der Waals surface area contributed by atoms with Crippen molar-refractivity contribution < 1.29 is 28.6 Å². The molecule has 193 valence electrons. The molecular formula is C33H30IrN2OSi-2. The Kier molecular flexibility index (Phi) is 7.22. The molecule has 0 saturated carbocycles. The van der Waals surface area contributed by atoms with Gasteiger partial charge in [0.05, 0.1) is 5.58 Å². The predicted molar refractivity (Wildman–Crippen MR) is 157 cm³/mol. The van der Waals surface area contributed by atoms with Crippen molar-refractivity contribution in [2.24, 2.45) is 0 Å². The number of para-hydroxylation sites is 1. The molecule has 0 saturated heterocycles. The van der Waals surface area contributed by atoms with Crippen molar-refractivity contribution in [3.63, 3.8) is 0 Å². The molecule has 3 aromatic heterocycles. The molecule has 0 amide bonds. The summed E-state index contributed by atoms with van der Waals surface area (Å²) in [6, 6.07) is 31.8. The zero-order chi connectivity index (χ0) is 28.5. The molecular weight excluding hydrogens is 661 g/mol. The van der Waals surface area contributed by atoms with E-state index in [4.69, 9.17) is 8.53 Å². The monoisotopic (exact) mass is 694 g/mol. The Morgan fingerprint density at radius 3 is 2.18 bits per heavy atom. The fourth-order valence-corrected chi connectivity index (χ4v) is 5.78. The number of aryl methyl sites for hydroxylation is 2. The van der Waals surface area contributed by atoms with Crippen molar-refractivity contribution in [3.05, 3.63) is 115 Å². The smallest absolute Gasteiger partial charge is 0.120 e. The van der Waals surface area contributed by atoms with Gasteiger partial charge < -0.3 is 14.4 Å². The van der Waals surface area contributed by atoms with Crippen LogP contribution in [0.3, 0.4) is 0 Å². The summed E-state index contributed by atoms with van der Waals surface area (Å²) in [5.41, 5.74) is 6.70. The summed E-state index contributed by atoms with van der Waals surface area (Å²) in [6.45, 7) is 7.04. The Bertz CT molecular complexity index is 1760. The maximum atomic E-state index is 7.23. The molecule has 0 bridgehead atoms. The molecule has 0 unspecified atom stereocenters. The Labute approximate surface area is 243 Å². The molecule has 6 aromatic rings. The van der Waals surface area contributed by atoms with E-state index in [2.05, 4.69) is 66.0 Å². The van der Waals surface area contributed by atoms with E-state index in [0.29, 0.717) is 0 Å². The first-order valence-electron chi connectivity index (χ1n) is 13.8. The quantitative estimate of drug-likeness (QED) is 0.139. The van der Waals surface area contributed by atoms with E-state index in [1.807, 2.05) is 49.5 Å². The summed E-state index contributed by atoms with van der Waals surface area (Å²) < 4.78 is 28.0. The number of furan rings is 1. The van der Waals surface area contributed by atoms with Crippen LogP contribution in [0.1, 0.15) is 15.2 Å². The molecule has 5 heteroatoms. The zero-order valence-corrected chi connectivity index (χ0v) is 25.2. The Hall–Kier alpha value is -3.37. The largest absolute Gasteiger partial charge is 0.501 e. The van der Waals surface area contributed by atoms with Crippen LogP contribution in [-0.2, 0) is 20.1 Å². The van der Waals surface area contributed by atoms with Crippen LogP contribution >= 0.6 is 0 Å². The molecule has 3 nitrogen and oxygen atoms in total. The van der Waals surface area contributed by atoms with Crippen LogP contribution < -0.4 is 5.19 Å². The SMILES string of the molecule is Cc1ccc(-c2[c-]cc([Si](C)(C)C)c3c2oc2ccccc23)nc1.[2H]C([2H])([2H])c1ccc(-c2[c-]cccc2)nc1.[Ir]. The zero-order valence-electron chi connectivity index (χ0n) is 24.8. The van der Waals surface area contributed by atoms with E-state index < -0.39 is 14.9 Å². The minimum Gasteiger partial charge on any atom is -0.501 e. The van der Waals surface area contributed by atoms with Gasteiger partial charge in [0.1, 0.15) is 5.58 Å². The van der Waals surface area contributed by atoms with Crippen LogP contribution in [0.5, 0.6) is 0 Å². The minimum absolute atomic E-state index is 0. The molecule has 0 fully saturated rings. The number of rotatable bonds is 3. The number of pyridine rings is 2. The van der Waals surface area contributed by atoms with Crippen molar-refractivity contribution in [1.29, 1.82) is 0 Å². The van der Waals surface area contributed by atoms with Gasteiger partial charge in [-0.1, -0.05) is 73.1 Å². The normalized spacial score (nSPS) is 12.6. The molecule has 0 aliphatic carbocycles. The predicted octanol–water partition coefficient (Wildman–Crippen LogP) is 8.16. The fraction of sp³-hybridized carbons (Fsp3) is 0.152. The van der Waals surface area contributed by atoms with Gasteiger partial charge in [0, 0.05) is 50.1 Å². The maximum Gasteiger partial charge on any atom is 0.120 e. The second-order valence-corrected chi connectivity index (χ2v) is 15.1. The molecule has 1 radical (unpaired) electrons. The number of hydrogen-bond acceptors (Lipinski definition) is 3. The number of fused-ring (bicyclic) bond motifs is 3. The van der Waals surface area contributed by atoms with Gasteiger partial charge in [0.25, 0.3) is 0 Å². The van der Waals surface area contributed by atoms with Crippen LogP contribution in [0.4, 0.5) is 0 Å². The molecule has 38 heavy (non-hydrogen) atoms. The van der Waals surface area contributed by atoms with E-state index in [9.17, 15) is 0 Å². The average Bonchev–Trinajstić information content (AvgIpc) is 3.33. The van der Waals surface area contributed by atoms with E-state index in [1.54, 1.807) is 18.2 Å². The Balaban J connectivity index is 0.000000200. The summed E-state index contributed by atoms with van der Waals surface area (Å²) in [4.78, 5) is 8.70. The molecule has 3 aromatic carbocycles. The topological polar surface area (TPSA) is 38.9 Å². The third-order valence-corrected chi connectivity index (χ3v) is 8.19. The number of hydrogen-bond donors (Lipinski definition) is 0. The fourth-order valence-electron chi connectivity index (χ4n) is 4.27. The summed E-state index contributed by atoms with van der Waals surface area (Å²) >= 11 is 0. The van der Waals surface area contributed by atoms with Gasteiger partial charge >= 0.3 is 0 Å². The molecule has 0 atom stereocenters. The van der Waals surface area contributed by atoms with E-state index >= 15 is 0 Å². The molecule has 0 N–H and O–H groups in total. The van der Waals surface area contributed by atoms with Gasteiger partial charge in [-0.2, -0.15) is 0 Å². The second kappa shape index (κ2) is 11.6. The second-order valence-electron chi connectivity index (χ2n) is 10.1. The molecule has 3 heterocycles. The summed E-state index contributed by atoms with van der Waals surface area (Å²) in [5.74, 6) is 0. The van der Waals surface area contributed by atoms with Crippen molar-refractivity contribution >= 4 is 35.2 Å². The third-order valence-electron chi connectivity index (χ3n) is 6.18. The van der Waals surface area contributed by atoms with Crippen molar-refractivity contribution in [2.45, 2.75) is 33.4 Å². The van der Waals surface area contributed by atoms with Gasteiger partial charge in [-0.05, 0) is 42.4 Å². The van der Waals surface area contributed by atoms with Gasteiger partial charge in [-0.25, -0.2) is 0 Å². The molecule has 0 aliphatic heterocycles. The summed E-state index contributed by atoms with van der Waals surface area (Å²) in [5, 5.41) is 3.81. The van der Waals surface area contributed by atoms with Gasteiger partial charge in [0.15, 0.2) is 0 Å².